The van der Waals surface area contributed by atoms with E-state index in [1.807, 2.05) is 0 Å². The van der Waals surface area contributed by atoms with E-state index in [2.05, 4.69) is 0 Å². The van der Waals surface area contributed by atoms with Crippen LogP contribution in [0.4, 0.5) is 0 Å². The van der Waals surface area contributed by atoms with Crippen LogP contribution in [0.15, 0.2) is 11.3 Å². The van der Waals surface area contributed by atoms with Crippen LogP contribution in [0.3, 0.4) is 0 Å². The second-order valence-corrected chi connectivity index (χ2v) is 6.70. The Kier molecular flexibility index (Phi) is 2.32. The number of cyclic esters (lactones) is 1. The highest BCUT2D eigenvalue weighted by atomic mass is 16.7. The molecule has 4 heteroatoms. The molecule has 0 saturated heterocycles. The van der Waals surface area contributed by atoms with Gasteiger partial charge in [-0.3, -0.25) is 0 Å². The molecule has 0 aromatic rings. The lowest BCUT2D eigenvalue weighted by molar-refractivity contribution is -0.218. The Morgan fingerprint density at radius 1 is 1.05 bits per heavy atom. The monoisotopic (exact) mass is 264 g/mol. The molecule has 0 bridgehead atoms. The van der Waals surface area contributed by atoms with Crippen LogP contribution in [0.1, 0.15) is 46.0 Å². The molecule has 0 amide bonds. The lowest BCUT2D eigenvalue weighted by atomic mass is 9.94. The van der Waals surface area contributed by atoms with Gasteiger partial charge in [0, 0.05) is 20.3 Å². The highest BCUT2D eigenvalue weighted by molar-refractivity contribution is 5.91. The van der Waals surface area contributed by atoms with E-state index in [-0.39, 0.29) is 18.2 Å². The largest absolute Gasteiger partial charge is 0.456 e. The minimum atomic E-state index is -0.838. The molecule has 0 radical (unpaired) electrons. The van der Waals surface area contributed by atoms with E-state index in [1.165, 1.54) is 12.8 Å². The molecule has 0 spiro atoms. The highest BCUT2D eigenvalue weighted by Gasteiger charge is 2.50. The molecular formula is C15H20O4. The molecule has 0 unspecified atom stereocenters. The van der Waals surface area contributed by atoms with Gasteiger partial charge in [0.1, 0.15) is 11.3 Å². The van der Waals surface area contributed by atoms with Gasteiger partial charge in [0.15, 0.2) is 0 Å². The zero-order valence-corrected chi connectivity index (χ0v) is 11.5. The molecule has 2 fully saturated rings. The number of ether oxygens (including phenoxy) is 3. The number of rotatable bonds is 2. The van der Waals surface area contributed by atoms with Gasteiger partial charge < -0.3 is 14.2 Å². The lowest BCUT2D eigenvalue weighted by Gasteiger charge is -2.40. The van der Waals surface area contributed by atoms with Gasteiger partial charge in [-0.05, 0) is 37.5 Å². The van der Waals surface area contributed by atoms with Crippen LogP contribution in [-0.2, 0) is 19.0 Å². The van der Waals surface area contributed by atoms with Gasteiger partial charge in [-0.15, -0.1) is 0 Å². The Balaban J connectivity index is 1.69. The summed E-state index contributed by atoms with van der Waals surface area (Å²) in [5.74, 6) is 0.915. The predicted octanol–water partition coefficient (Wildman–Crippen LogP) is 2.53. The minimum absolute atomic E-state index is 0.0852. The third-order valence-electron chi connectivity index (χ3n) is 4.42. The maximum Gasteiger partial charge on any atom is 0.343 e. The number of esters is 1. The Bertz CT molecular complexity index is 457. The normalized spacial score (nSPS) is 37.5. The summed E-state index contributed by atoms with van der Waals surface area (Å²) >= 11 is 0. The van der Waals surface area contributed by atoms with Crippen LogP contribution in [0.2, 0.25) is 0 Å². The summed E-state index contributed by atoms with van der Waals surface area (Å²) in [6.45, 7) is 3.59. The first-order valence-electron chi connectivity index (χ1n) is 7.34. The molecule has 2 aliphatic carbocycles. The first-order chi connectivity index (χ1) is 9.03. The van der Waals surface area contributed by atoms with Crippen LogP contribution in [0.25, 0.3) is 0 Å². The molecule has 2 aliphatic heterocycles. The smallest absolute Gasteiger partial charge is 0.343 e. The van der Waals surface area contributed by atoms with E-state index < -0.39 is 5.79 Å². The van der Waals surface area contributed by atoms with Gasteiger partial charge in [-0.25, -0.2) is 4.79 Å². The van der Waals surface area contributed by atoms with E-state index in [9.17, 15) is 4.79 Å². The third-order valence-corrected chi connectivity index (χ3v) is 4.42. The third kappa shape index (κ3) is 2.06. The fourth-order valence-corrected chi connectivity index (χ4v) is 3.17. The fraction of sp³-hybridized carbons (Fsp3) is 0.800. The number of carbonyl (C=O) groups excluding carboxylic acids is 1. The fourth-order valence-electron chi connectivity index (χ4n) is 3.17. The molecule has 2 heterocycles. The summed E-state index contributed by atoms with van der Waals surface area (Å²) in [5.41, 5.74) is 0.665. The van der Waals surface area contributed by atoms with Gasteiger partial charge in [0.05, 0.1) is 12.2 Å². The van der Waals surface area contributed by atoms with E-state index in [4.69, 9.17) is 14.2 Å². The van der Waals surface area contributed by atoms with E-state index in [0.717, 1.165) is 25.0 Å². The van der Waals surface area contributed by atoms with Crippen LogP contribution < -0.4 is 0 Å². The number of carbonyl (C=O) groups is 1. The van der Waals surface area contributed by atoms with Gasteiger partial charge in [-0.1, -0.05) is 0 Å². The molecule has 2 saturated carbocycles. The van der Waals surface area contributed by atoms with E-state index >= 15 is 0 Å². The zero-order chi connectivity index (χ0) is 13.2. The first-order valence-corrected chi connectivity index (χ1v) is 7.34. The molecule has 104 valence electrons. The SMILES string of the molecule is CC1(C)OC(=O)C2=C(C[C@@H](C3CC3)O[C@@H]2C2CC2)O1. The maximum atomic E-state index is 12.2. The maximum absolute atomic E-state index is 12.2. The highest BCUT2D eigenvalue weighted by Crippen LogP contribution is 2.49. The Labute approximate surface area is 113 Å². The van der Waals surface area contributed by atoms with Crippen molar-refractivity contribution in [1.82, 2.24) is 0 Å². The molecule has 0 N–H and O–H groups in total. The Hall–Kier alpha value is -1.03. The van der Waals surface area contributed by atoms with Crippen LogP contribution in [0, 0.1) is 11.8 Å². The summed E-state index contributed by atoms with van der Waals surface area (Å²) < 4.78 is 17.5. The van der Waals surface area contributed by atoms with Crippen molar-refractivity contribution in [3.05, 3.63) is 11.3 Å². The second kappa shape index (κ2) is 3.75. The van der Waals surface area contributed by atoms with Gasteiger partial charge in [0.25, 0.3) is 0 Å². The second-order valence-electron chi connectivity index (χ2n) is 6.70. The topological polar surface area (TPSA) is 44.8 Å². The summed E-state index contributed by atoms with van der Waals surface area (Å²) in [6.07, 6.45) is 5.69. The summed E-state index contributed by atoms with van der Waals surface area (Å²) in [5, 5.41) is 0. The molecule has 2 atom stereocenters. The molecular weight excluding hydrogens is 244 g/mol. The van der Waals surface area contributed by atoms with Crippen molar-refractivity contribution in [2.45, 2.75) is 63.9 Å². The number of hydrogen-bond donors (Lipinski definition) is 0. The molecule has 4 rings (SSSR count). The molecule has 0 aromatic heterocycles. The van der Waals surface area contributed by atoms with Crippen LogP contribution in [0.5, 0.6) is 0 Å². The van der Waals surface area contributed by atoms with Crippen molar-refractivity contribution in [1.29, 1.82) is 0 Å². The van der Waals surface area contributed by atoms with Gasteiger partial charge >= 0.3 is 5.97 Å². The molecule has 4 nitrogen and oxygen atoms in total. The first kappa shape index (κ1) is 11.8. The average Bonchev–Trinajstić information content (AvgIpc) is 3.17. The quantitative estimate of drug-likeness (QED) is 0.719. The van der Waals surface area contributed by atoms with Crippen molar-refractivity contribution in [3.63, 3.8) is 0 Å². The number of hydrogen-bond acceptors (Lipinski definition) is 4. The molecule has 4 aliphatic rings. The van der Waals surface area contributed by atoms with Crippen molar-refractivity contribution < 1.29 is 19.0 Å². The van der Waals surface area contributed by atoms with Crippen LogP contribution in [-0.4, -0.2) is 24.0 Å². The van der Waals surface area contributed by atoms with Crippen LogP contribution >= 0.6 is 0 Å². The summed E-state index contributed by atoms with van der Waals surface area (Å²) in [7, 11) is 0. The van der Waals surface area contributed by atoms with E-state index in [0.29, 0.717) is 17.4 Å². The van der Waals surface area contributed by atoms with Gasteiger partial charge in [0.2, 0.25) is 5.79 Å². The molecule has 0 aromatic carbocycles. The van der Waals surface area contributed by atoms with Crippen molar-refractivity contribution in [2.75, 3.05) is 0 Å². The Morgan fingerprint density at radius 3 is 2.37 bits per heavy atom. The molecule has 19 heavy (non-hydrogen) atoms. The van der Waals surface area contributed by atoms with Crippen molar-refractivity contribution in [2.24, 2.45) is 11.8 Å². The summed E-state index contributed by atoms with van der Waals surface area (Å²) in [4.78, 5) is 12.2. The Morgan fingerprint density at radius 2 is 1.74 bits per heavy atom. The standard InChI is InChI=1S/C15H20O4/c1-15(2)18-11-7-10(8-3-4-8)17-13(9-5-6-9)12(11)14(16)19-15/h8-10,13H,3-7H2,1-2H3/t10-,13+/m0/s1. The van der Waals surface area contributed by atoms with E-state index in [1.54, 1.807) is 13.8 Å². The van der Waals surface area contributed by atoms with Gasteiger partial charge in [-0.2, -0.15) is 0 Å². The zero-order valence-electron chi connectivity index (χ0n) is 11.5. The van der Waals surface area contributed by atoms with Crippen molar-refractivity contribution in [3.8, 4) is 0 Å². The average molecular weight is 264 g/mol. The lowest BCUT2D eigenvalue weighted by Crippen LogP contribution is -2.45. The predicted molar refractivity (Wildman–Crippen MR) is 67.0 cm³/mol. The van der Waals surface area contributed by atoms with Crippen molar-refractivity contribution >= 4 is 5.97 Å². The summed E-state index contributed by atoms with van der Waals surface area (Å²) in [6, 6.07) is 0. The minimum Gasteiger partial charge on any atom is -0.456 e.